The Kier molecular flexibility index (Phi) is 3.49. The summed E-state index contributed by atoms with van der Waals surface area (Å²) in [5.74, 6) is 1.21. The molecule has 0 aliphatic rings. The van der Waals surface area contributed by atoms with Crippen molar-refractivity contribution in [3.05, 3.63) is 48.0 Å². The van der Waals surface area contributed by atoms with E-state index in [1.54, 1.807) is 26.4 Å². The summed E-state index contributed by atoms with van der Waals surface area (Å²) < 4.78 is 10.7. The van der Waals surface area contributed by atoms with E-state index in [1.165, 1.54) is 0 Å². The van der Waals surface area contributed by atoms with Crippen molar-refractivity contribution >= 4 is 0 Å². The van der Waals surface area contributed by atoms with Crippen LogP contribution in [0.5, 0.6) is 11.5 Å². The van der Waals surface area contributed by atoms with E-state index in [-0.39, 0.29) is 0 Å². The van der Waals surface area contributed by atoms with Gasteiger partial charge < -0.3 is 9.47 Å². The molecule has 2 aromatic rings. The Hall–Kier alpha value is -2.47. The van der Waals surface area contributed by atoms with Gasteiger partial charge in [0, 0.05) is 5.56 Å². The van der Waals surface area contributed by atoms with Crippen molar-refractivity contribution < 1.29 is 9.47 Å². The summed E-state index contributed by atoms with van der Waals surface area (Å²) in [6.45, 7) is 0. The van der Waals surface area contributed by atoms with Gasteiger partial charge in [-0.1, -0.05) is 30.3 Å². The smallest absolute Gasteiger partial charge is 0.169 e. The molecule has 0 radical (unpaired) electrons. The number of ether oxygens (including phenoxy) is 2. The minimum atomic E-state index is 0.568. The molecule has 0 heterocycles. The lowest BCUT2D eigenvalue weighted by molar-refractivity contribution is 0.356. The number of methoxy groups -OCH3 is 2. The maximum absolute atomic E-state index is 9.22. The van der Waals surface area contributed by atoms with Crippen LogP contribution in [0.25, 0.3) is 11.1 Å². The molecule has 0 saturated heterocycles. The van der Waals surface area contributed by atoms with Crippen molar-refractivity contribution in [3.63, 3.8) is 0 Å². The molecule has 0 atom stereocenters. The summed E-state index contributed by atoms with van der Waals surface area (Å²) in [6, 6.07) is 15.3. The van der Waals surface area contributed by atoms with Gasteiger partial charge in [0.05, 0.1) is 25.9 Å². The zero-order valence-electron chi connectivity index (χ0n) is 10.3. The SMILES string of the molecule is COc1ccc(C#N)c(-c2ccccc2)c1OC. The van der Waals surface area contributed by atoms with Crippen molar-refractivity contribution in [2.75, 3.05) is 14.2 Å². The molecule has 2 aromatic carbocycles. The normalized spacial score (nSPS) is 9.61. The maximum Gasteiger partial charge on any atom is 0.169 e. The average molecular weight is 239 g/mol. The maximum atomic E-state index is 9.22. The van der Waals surface area contributed by atoms with Gasteiger partial charge in [0.15, 0.2) is 11.5 Å². The van der Waals surface area contributed by atoms with Gasteiger partial charge in [0.25, 0.3) is 0 Å². The number of nitrogens with zero attached hydrogens (tertiary/aromatic N) is 1. The summed E-state index contributed by atoms with van der Waals surface area (Å²) in [6.07, 6.45) is 0. The molecule has 90 valence electrons. The topological polar surface area (TPSA) is 42.2 Å². The first-order valence-electron chi connectivity index (χ1n) is 5.52. The monoisotopic (exact) mass is 239 g/mol. The van der Waals surface area contributed by atoms with E-state index < -0.39 is 0 Å². The first-order chi connectivity index (χ1) is 8.81. The first kappa shape index (κ1) is 12.0. The minimum absolute atomic E-state index is 0.568. The number of hydrogen-bond donors (Lipinski definition) is 0. The Bertz CT molecular complexity index is 585. The third-order valence-electron chi connectivity index (χ3n) is 2.73. The van der Waals surface area contributed by atoms with Gasteiger partial charge in [-0.3, -0.25) is 0 Å². The predicted molar refractivity (Wildman–Crippen MR) is 69.7 cm³/mol. The Balaban J connectivity index is 2.74. The zero-order chi connectivity index (χ0) is 13.0. The van der Waals surface area contributed by atoms with Gasteiger partial charge in [-0.05, 0) is 17.7 Å². The molecular weight excluding hydrogens is 226 g/mol. The van der Waals surface area contributed by atoms with Gasteiger partial charge >= 0.3 is 0 Å². The number of hydrogen-bond acceptors (Lipinski definition) is 3. The fourth-order valence-corrected chi connectivity index (χ4v) is 1.91. The lowest BCUT2D eigenvalue weighted by Crippen LogP contribution is -1.95. The molecule has 3 nitrogen and oxygen atoms in total. The lowest BCUT2D eigenvalue weighted by Gasteiger charge is -2.14. The van der Waals surface area contributed by atoms with Crippen LogP contribution < -0.4 is 9.47 Å². The molecule has 0 aromatic heterocycles. The minimum Gasteiger partial charge on any atom is -0.493 e. The Labute approximate surface area is 106 Å². The third kappa shape index (κ3) is 2.01. The number of nitriles is 1. The van der Waals surface area contributed by atoms with Crippen LogP contribution in [-0.4, -0.2) is 14.2 Å². The second-order valence-electron chi connectivity index (χ2n) is 3.70. The third-order valence-corrected chi connectivity index (χ3v) is 2.73. The highest BCUT2D eigenvalue weighted by atomic mass is 16.5. The summed E-state index contributed by atoms with van der Waals surface area (Å²) in [5.41, 5.74) is 2.27. The molecule has 0 aliphatic carbocycles. The van der Waals surface area contributed by atoms with Crippen molar-refractivity contribution in [1.82, 2.24) is 0 Å². The van der Waals surface area contributed by atoms with Gasteiger partial charge in [0.1, 0.15) is 0 Å². The van der Waals surface area contributed by atoms with E-state index in [0.29, 0.717) is 17.1 Å². The largest absolute Gasteiger partial charge is 0.493 e. The summed E-state index contributed by atoms with van der Waals surface area (Å²) in [4.78, 5) is 0. The van der Waals surface area contributed by atoms with Gasteiger partial charge in [-0.25, -0.2) is 0 Å². The highest BCUT2D eigenvalue weighted by Gasteiger charge is 2.16. The van der Waals surface area contributed by atoms with Crippen molar-refractivity contribution in [3.8, 4) is 28.7 Å². The molecule has 18 heavy (non-hydrogen) atoms. The molecule has 0 amide bonds. The molecule has 0 fully saturated rings. The van der Waals surface area contributed by atoms with E-state index in [0.717, 1.165) is 11.1 Å². The zero-order valence-corrected chi connectivity index (χ0v) is 10.3. The fourth-order valence-electron chi connectivity index (χ4n) is 1.91. The Morgan fingerprint density at radius 1 is 0.944 bits per heavy atom. The van der Waals surface area contributed by atoms with Crippen LogP contribution in [0.1, 0.15) is 5.56 Å². The summed E-state index contributed by atoms with van der Waals surface area (Å²) in [5, 5.41) is 9.22. The molecule has 0 spiro atoms. The van der Waals surface area contributed by atoms with E-state index >= 15 is 0 Å². The van der Waals surface area contributed by atoms with Crippen LogP contribution in [-0.2, 0) is 0 Å². The molecule has 2 rings (SSSR count). The number of rotatable bonds is 3. The van der Waals surface area contributed by atoms with Crippen molar-refractivity contribution in [2.45, 2.75) is 0 Å². The Morgan fingerprint density at radius 3 is 2.22 bits per heavy atom. The second-order valence-corrected chi connectivity index (χ2v) is 3.70. The van der Waals surface area contributed by atoms with Crippen LogP contribution in [0.3, 0.4) is 0 Å². The molecule has 0 unspecified atom stereocenters. The van der Waals surface area contributed by atoms with E-state index in [1.807, 2.05) is 30.3 Å². The Morgan fingerprint density at radius 2 is 1.67 bits per heavy atom. The van der Waals surface area contributed by atoms with E-state index in [2.05, 4.69) is 6.07 Å². The highest BCUT2D eigenvalue weighted by molar-refractivity contribution is 5.79. The van der Waals surface area contributed by atoms with Crippen LogP contribution in [0.15, 0.2) is 42.5 Å². The van der Waals surface area contributed by atoms with Gasteiger partial charge in [-0.2, -0.15) is 5.26 Å². The molecular formula is C15H13NO2. The van der Waals surface area contributed by atoms with Gasteiger partial charge in [-0.15, -0.1) is 0 Å². The average Bonchev–Trinajstić information content (AvgIpc) is 2.46. The molecule has 0 aliphatic heterocycles. The van der Waals surface area contributed by atoms with Crippen molar-refractivity contribution in [2.24, 2.45) is 0 Å². The van der Waals surface area contributed by atoms with Crippen molar-refractivity contribution in [1.29, 1.82) is 5.26 Å². The fraction of sp³-hybridized carbons (Fsp3) is 0.133. The molecule has 0 saturated carbocycles. The highest BCUT2D eigenvalue weighted by Crippen LogP contribution is 2.40. The second kappa shape index (κ2) is 5.24. The lowest BCUT2D eigenvalue weighted by atomic mass is 9.98. The quantitative estimate of drug-likeness (QED) is 0.825. The van der Waals surface area contributed by atoms with Crippen LogP contribution >= 0.6 is 0 Å². The van der Waals surface area contributed by atoms with Crippen LogP contribution in [0.2, 0.25) is 0 Å². The van der Waals surface area contributed by atoms with Crippen LogP contribution in [0, 0.1) is 11.3 Å². The van der Waals surface area contributed by atoms with Crippen LogP contribution in [0.4, 0.5) is 0 Å². The first-order valence-corrected chi connectivity index (χ1v) is 5.52. The van der Waals surface area contributed by atoms with E-state index in [4.69, 9.17) is 9.47 Å². The van der Waals surface area contributed by atoms with Gasteiger partial charge in [0.2, 0.25) is 0 Å². The molecule has 0 bridgehead atoms. The van der Waals surface area contributed by atoms with E-state index in [9.17, 15) is 5.26 Å². The molecule has 0 N–H and O–H groups in total. The summed E-state index contributed by atoms with van der Waals surface area (Å²) in [7, 11) is 3.16. The molecule has 3 heteroatoms. The predicted octanol–water partition coefficient (Wildman–Crippen LogP) is 3.24. The standard InChI is InChI=1S/C15H13NO2/c1-17-13-9-8-12(10-16)14(15(13)18-2)11-6-4-3-5-7-11/h3-9H,1-2H3. The number of benzene rings is 2. The summed E-state index contributed by atoms with van der Waals surface area (Å²) >= 11 is 0.